The van der Waals surface area contributed by atoms with Gasteiger partial charge in [-0.3, -0.25) is 4.79 Å². The molecule has 1 saturated heterocycles. The van der Waals surface area contributed by atoms with Crippen molar-refractivity contribution in [3.05, 3.63) is 23.3 Å². The Morgan fingerprint density at radius 1 is 1.37 bits per heavy atom. The first kappa shape index (κ1) is 22.2. The predicted molar refractivity (Wildman–Crippen MR) is 102 cm³/mol. The van der Waals surface area contributed by atoms with E-state index < -0.39 is 47.5 Å². The Morgan fingerprint density at radius 3 is 2.70 bits per heavy atom. The van der Waals surface area contributed by atoms with E-state index in [0.29, 0.717) is 0 Å². The number of benzene rings is 1. The summed E-state index contributed by atoms with van der Waals surface area (Å²) < 4.78 is 38.8. The van der Waals surface area contributed by atoms with Crippen molar-refractivity contribution in [2.24, 2.45) is 0 Å². The minimum atomic E-state index is -1.70. The number of ether oxygens (including phenoxy) is 2. The lowest BCUT2D eigenvalue weighted by Gasteiger charge is -2.42. The average molecular weight is 428 g/mol. The number of piperidine rings is 1. The van der Waals surface area contributed by atoms with Gasteiger partial charge in [-0.05, 0) is 33.6 Å². The molecule has 1 aromatic rings. The van der Waals surface area contributed by atoms with E-state index in [9.17, 15) is 28.6 Å². The highest BCUT2D eigenvalue weighted by molar-refractivity contribution is 5.94. The van der Waals surface area contributed by atoms with Crippen LogP contribution in [-0.4, -0.2) is 64.1 Å². The molecule has 2 amide bonds. The molecule has 2 atom stereocenters. The number of hydrogen-bond acceptors (Lipinski definition) is 6. The number of anilines is 1. The van der Waals surface area contributed by atoms with Crippen molar-refractivity contribution >= 4 is 17.7 Å². The lowest BCUT2D eigenvalue weighted by molar-refractivity contribution is -0.135. The van der Waals surface area contributed by atoms with Gasteiger partial charge >= 0.3 is 6.09 Å². The Morgan fingerprint density at radius 2 is 2.07 bits per heavy atom. The Labute approximate surface area is 172 Å². The second kappa shape index (κ2) is 7.99. The van der Waals surface area contributed by atoms with Crippen LogP contribution in [0.5, 0.6) is 5.75 Å². The molecule has 1 fully saturated rings. The fourth-order valence-corrected chi connectivity index (χ4v) is 3.42. The first-order valence-corrected chi connectivity index (χ1v) is 9.71. The Bertz CT molecular complexity index is 857. The molecule has 3 rings (SSSR count). The first-order chi connectivity index (χ1) is 13.9. The highest BCUT2D eigenvalue weighted by Crippen LogP contribution is 2.36. The van der Waals surface area contributed by atoms with Crippen LogP contribution in [0.2, 0.25) is 0 Å². The van der Waals surface area contributed by atoms with E-state index in [0.717, 1.165) is 6.07 Å². The molecule has 8 nitrogen and oxygen atoms in total. The lowest BCUT2D eigenvalue weighted by Crippen LogP contribution is -2.59. The van der Waals surface area contributed by atoms with E-state index in [-0.39, 0.29) is 49.4 Å². The van der Waals surface area contributed by atoms with E-state index in [1.165, 1.54) is 4.90 Å². The number of hydrogen-bond donors (Lipinski definition) is 3. The second-order valence-electron chi connectivity index (χ2n) is 8.66. The minimum absolute atomic E-state index is 0.00396. The van der Waals surface area contributed by atoms with Gasteiger partial charge in [0, 0.05) is 24.6 Å². The molecular formula is C20H26F2N2O6. The summed E-state index contributed by atoms with van der Waals surface area (Å²) in [5.41, 5.74) is -2.37. The third kappa shape index (κ3) is 4.65. The van der Waals surface area contributed by atoms with E-state index in [2.05, 4.69) is 5.32 Å². The summed E-state index contributed by atoms with van der Waals surface area (Å²) in [6, 6.07) is 0.858. The number of carbonyl (C=O) groups excluding carboxylic acids is 2. The molecule has 166 valence electrons. The molecular weight excluding hydrogens is 402 g/mol. The number of β-amino-alcohol motifs (C(OH)–C–C–N with tert-alkyl or cyclic N) is 1. The third-order valence-electron chi connectivity index (χ3n) is 5.11. The SMILES string of the molecule is CC(C)(C)OC(=O)N1CC[C@@](O)(COc2cc(F)c(F)c3c2CCC(=O)N3)[C@H](O)C1. The Balaban J connectivity index is 1.69. The summed E-state index contributed by atoms with van der Waals surface area (Å²) in [6.07, 6.45) is -1.70. The molecule has 2 aliphatic heterocycles. The topological polar surface area (TPSA) is 108 Å². The van der Waals surface area contributed by atoms with Gasteiger partial charge in [0.1, 0.15) is 29.7 Å². The Hall–Kier alpha value is -2.46. The van der Waals surface area contributed by atoms with Crippen LogP contribution in [0.15, 0.2) is 6.07 Å². The molecule has 0 aliphatic carbocycles. The van der Waals surface area contributed by atoms with Gasteiger partial charge in [0.25, 0.3) is 0 Å². The van der Waals surface area contributed by atoms with Crippen LogP contribution in [0.25, 0.3) is 0 Å². The number of aliphatic hydroxyl groups is 2. The molecule has 2 aliphatic rings. The number of halogens is 2. The van der Waals surface area contributed by atoms with Crippen LogP contribution >= 0.6 is 0 Å². The fraction of sp³-hybridized carbons (Fsp3) is 0.600. The molecule has 0 radical (unpaired) electrons. The number of fused-ring (bicyclic) bond motifs is 1. The number of rotatable bonds is 3. The molecule has 1 aromatic carbocycles. The second-order valence-corrected chi connectivity index (χ2v) is 8.66. The molecule has 10 heteroatoms. The molecule has 3 N–H and O–H groups in total. The van der Waals surface area contributed by atoms with E-state index in [4.69, 9.17) is 9.47 Å². The van der Waals surface area contributed by atoms with Crippen LogP contribution in [-0.2, 0) is 16.0 Å². The van der Waals surface area contributed by atoms with E-state index >= 15 is 0 Å². The third-order valence-corrected chi connectivity index (χ3v) is 5.11. The molecule has 0 unspecified atom stereocenters. The first-order valence-electron chi connectivity index (χ1n) is 9.71. The number of aliphatic hydroxyl groups excluding tert-OH is 1. The maximum atomic E-state index is 14.0. The van der Waals surface area contributed by atoms with Crippen molar-refractivity contribution in [1.29, 1.82) is 0 Å². The molecule has 0 saturated carbocycles. The molecule has 2 heterocycles. The van der Waals surface area contributed by atoms with Gasteiger partial charge in [-0.25, -0.2) is 13.6 Å². The van der Waals surface area contributed by atoms with Crippen molar-refractivity contribution in [3.63, 3.8) is 0 Å². The van der Waals surface area contributed by atoms with Gasteiger partial charge in [-0.1, -0.05) is 0 Å². The number of nitrogens with one attached hydrogen (secondary N) is 1. The summed E-state index contributed by atoms with van der Waals surface area (Å²) in [5.74, 6) is -2.81. The van der Waals surface area contributed by atoms with Crippen LogP contribution in [0, 0.1) is 11.6 Å². The van der Waals surface area contributed by atoms with Gasteiger partial charge in [0.2, 0.25) is 5.91 Å². The molecule has 0 spiro atoms. The van der Waals surface area contributed by atoms with Crippen LogP contribution in [0.3, 0.4) is 0 Å². The van der Waals surface area contributed by atoms with Gasteiger partial charge in [0.05, 0.1) is 12.2 Å². The zero-order valence-electron chi connectivity index (χ0n) is 17.1. The van der Waals surface area contributed by atoms with Crippen LogP contribution in [0.4, 0.5) is 19.3 Å². The lowest BCUT2D eigenvalue weighted by atomic mass is 9.89. The fourth-order valence-electron chi connectivity index (χ4n) is 3.42. The monoisotopic (exact) mass is 428 g/mol. The van der Waals surface area contributed by atoms with Gasteiger partial charge in [-0.2, -0.15) is 0 Å². The number of carbonyl (C=O) groups is 2. The summed E-state index contributed by atoms with van der Waals surface area (Å²) in [4.78, 5) is 25.0. The van der Waals surface area contributed by atoms with Crippen LogP contribution < -0.4 is 10.1 Å². The zero-order valence-corrected chi connectivity index (χ0v) is 17.1. The van der Waals surface area contributed by atoms with Crippen molar-refractivity contribution in [2.75, 3.05) is 25.0 Å². The largest absolute Gasteiger partial charge is 0.490 e. The Kier molecular flexibility index (Phi) is 5.92. The smallest absolute Gasteiger partial charge is 0.410 e. The number of amides is 2. The zero-order chi connectivity index (χ0) is 22.3. The summed E-state index contributed by atoms with van der Waals surface area (Å²) in [7, 11) is 0. The maximum Gasteiger partial charge on any atom is 0.410 e. The van der Waals surface area contributed by atoms with Crippen molar-refractivity contribution in [3.8, 4) is 5.75 Å². The van der Waals surface area contributed by atoms with Gasteiger partial charge < -0.3 is 29.9 Å². The summed E-state index contributed by atoms with van der Waals surface area (Å²) in [6.45, 7) is 4.72. The van der Waals surface area contributed by atoms with Crippen molar-refractivity contribution in [1.82, 2.24) is 4.90 Å². The molecule has 0 aromatic heterocycles. The van der Waals surface area contributed by atoms with Crippen LogP contribution in [0.1, 0.15) is 39.2 Å². The summed E-state index contributed by atoms with van der Waals surface area (Å²) in [5, 5.41) is 23.5. The maximum absolute atomic E-state index is 14.0. The van der Waals surface area contributed by atoms with E-state index in [1.807, 2.05) is 0 Å². The molecule has 0 bridgehead atoms. The van der Waals surface area contributed by atoms with Gasteiger partial charge in [0.15, 0.2) is 11.6 Å². The predicted octanol–water partition coefficient (Wildman–Crippen LogP) is 1.96. The quantitative estimate of drug-likeness (QED) is 0.679. The van der Waals surface area contributed by atoms with Crippen molar-refractivity contribution in [2.45, 2.75) is 57.3 Å². The average Bonchev–Trinajstić information content (AvgIpc) is 2.64. The summed E-state index contributed by atoms with van der Waals surface area (Å²) >= 11 is 0. The molecule has 30 heavy (non-hydrogen) atoms. The normalized spacial score (nSPS) is 24.2. The van der Waals surface area contributed by atoms with Crippen molar-refractivity contribution < 1.29 is 38.1 Å². The minimum Gasteiger partial charge on any atom is -0.490 e. The standard InChI is InChI=1S/C20H26F2N2O6/c1-19(2,3)30-18(27)24-7-6-20(28,14(25)9-24)10-29-13-8-12(21)16(22)17-11(13)4-5-15(26)23-17/h8,14,25,28H,4-7,9-10H2,1-3H3,(H,23,26)/t14-,20-/m1/s1. The number of likely N-dealkylation sites (tertiary alicyclic amines) is 1. The van der Waals surface area contributed by atoms with Gasteiger partial charge in [-0.15, -0.1) is 0 Å². The van der Waals surface area contributed by atoms with E-state index in [1.54, 1.807) is 20.8 Å². The highest BCUT2D eigenvalue weighted by Gasteiger charge is 2.44. The highest BCUT2D eigenvalue weighted by atomic mass is 19.2. The number of nitrogens with zero attached hydrogens (tertiary/aromatic N) is 1.